The van der Waals surface area contributed by atoms with Crippen molar-refractivity contribution in [2.45, 2.75) is 53.1 Å². The SMILES string of the molecule is CC(=O)CC(=O)/C=C/C1=C(C)C(O)CCC1(C)C. The third-order valence-corrected chi connectivity index (χ3v) is 3.56. The molecule has 0 fully saturated rings. The molecule has 0 aliphatic heterocycles. The normalized spacial score (nSPS) is 23.5. The van der Waals surface area contributed by atoms with Gasteiger partial charge in [-0.25, -0.2) is 0 Å². The van der Waals surface area contributed by atoms with Gasteiger partial charge in [0.15, 0.2) is 5.78 Å². The van der Waals surface area contributed by atoms with Gasteiger partial charge in [-0.2, -0.15) is 0 Å². The van der Waals surface area contributed by atoms with Crippen molar-refractivity contribution in [1.29, 1.82) is 0 Å². The maximum Gasteiger partial charge on any atom is 0.163 e. The average molecular weight is 250 g/mol. The fourth-order valence-corrected chi connectivity index (χ4v) is 2.40. The molecule has 3 heteroatoms. The first-order chi connectivity index (χ1) is 8.24. The third-order valence-electron chi connectivity index (χ3n) is 3.56. The van der Waals surface area contributed by atoms with Crippen LogP contribution in [0.3, 0.4) is 0 Å². The molecule has 1 aliphatic carbocycles. The van der Waals surface area contributed by atoms with Gasteiger partial charge in [0.25, 0.3) is 0 Å². The summed E-state index contributed by atoms with van der Waals surface area (Å²) in [5.74, 6) is -0.308. The smallest absolute Gasteiger partial charge is 0.163 e. The van der Waals surface area contributed by atoms with Gasteiger partial charge in [0.05, 0.1) is 12.5 Å². The summed E-state index contributed by atoms with van der Waals surface area (Å²) in [4.78, 5) is 22.3. The summed E-state index contributed by atoms with van der Waals surface area (Å²) in [5, 5.41) is 9.86. The van der Waals surface area contributed by atoms with E-state index in [1.807, 2.05) is 6.92 Å². The van der Waals surface area contributed by atoms with E-state index >= 15 is 0 Å². The summed E-state index contributed by atoms with van der Waals surface area (Å²) in [6.45, 7) is 7.53. The predicted molar refractivity (Wildman–Crippen MR) is 71.2 cm³/mol. The Balaban J connectivity index is 2.92. The van der Waals surface area contributed by atoms with Crippen LogP contribution in [0.15, 0.2) is 23.3 Å². The topological polar surface area (TPSA) is 54.4 Å². The number of carbonyl (C=O) groups is 2. The summed E-state index contributed by atoms with van der Waals surface area (Å²) >= 11 is 0. The minimum atomic E-state index is -0.416. The fraction of sp³-hybridized carbons (Fsp3) is 0.600. The van der Waals surface area contributed by atoms with E-state index in [4.69, 9.17) is 0 Å². The van der Waals surface area contributed by atoms with E-state index < -0.39 is 6.10 Å². The zero-order valence-electron chi connectivity index (χ0n) is 11.6. The van der Waals surface area contributed by atoms with Gasteiger partial charge in [0, 0.05) is 0 Å². The Hall–Kier alpha value is -1.22. The molecule has 1 rings (SSSR count). The molecule has 0 heterocycles. The Kier molecular flexibility index (Phi) is 4.63. The van der Waals surface area contributed by atoms with Gasteiger partial charge < -0.3 is 5.11 Å². The highest BCUT2D eigenvalue weighted by atomic mass is 16.3. The second-order valence-electron chi connectivity index (χ2n) is 5.71. The molecule has 0 aromatic heterocycles. The molecular weight excluding hydrogens is 228 g/mol. The number of Topliss-reactive ketones (excluding diaryl/α,β-unsaturated/α-hetero) is 1. The lowest BCUT2D eigenvalue weighted by molar-refractivity contribution is -0.123. The Morgan fingerprint density at radius 3 is 2.61 bits per heavy atom. The Morgan fingerprint density at radius 1 is 1.44 bits per heavy atom. The lowest BCUT2D eigenvalue weighted by Crippen LogP contribution is -2.27. The quantitative estimate of drug-likeness (QED) is 0.616. The number of allylic oxidation sites excluding steroid dienone is 3. The van der Waals surface area contributed by atoms with Gasteiger partial charge in [-0.15, -0.1) is 0 Å². The number of ketones is 2. The maximum absolute atomic E-state index is 11.5. The van der Waals surface area contributed by atoms with E-state index in [1.165, 1.54) is 13.0 Å². The van der Waals surface area contributed by atoms with Gasteiger partial charge >= 0.3 is 0 Å². The van der Waals surface area contributed by atoms with Crippen LogP contribution in [-0.4, -0.2) is 22.8 Å². The van der Waals surface area contributed by atoms with Gasteiger partial charge in [0.1, 0.15) is 5.78 Å². The molecule has 1 atom stereocenters. The van der Waals surface area contributed by atoms with Crippen molar-refractivity contribution in [3.63, 3.8) is 0 Å². The first-order valence-corrected chi connectivity index (χ1v) is 6.33. The van der Waals surface area contributed by atoms with Gasteiger partial charge in [0.2, 0.25) is 0 Å². The van der Waals surface area contributed by atoms with Crippen LogP contribution in [0.1, 0.15) is 47.0 Å². The Bertz CT molecular complexity index is 413. The van der Waals surface area contributed by atoms with E-state index in [0.29, 0.717) is 0 Å². The summed E-state index contributed by atoms with van der Waals surface area (Å²) in [6, 6.07) is 0. The van der Waals surface area contributed by atoms with E-state index in [-0.39, 0.29) is 23.4 Å². The van der Waals surface area contributed by atoms with Crippen LogP contribution in [0.5, 0.6) is 0 Å². The molecule has 3 nitrogen and oxygen atoms in total. The van der Waals surface area contributed by atoms with Crippen molar-refractivity contribution < 1.29 is 14.7 Å². The minimum Gasteiger partial charge on any atom is -0.389 e. The van der Waals surface area contributed by atoms with Crippen LogP contribution in [-0.2, 0) is 9.59 Å². The predicted octanol–water partition coefficient (Wildman–Crippen LogP) is 2.59. The lowest BCUT2D eigenvalue weighted by Gasteiger charge is -2.35. The van der Waals surface area contributed by atoms with Gasteiger partial charge in [-0.05, 0) is 49.3 Å². The highest BCUT2D eigenvalue weighted by molar-refractivity contribution is 6.03. The molecule has 100 valence electrons. The minimum absolute atomic E-state index is 0.0314. The molecule has 0 saturated carbocycles. The third kappa shape index (κ3) is 3.64. The van der Waals surface area contributed by atoms with E-state index in [2.05, 4.69) is 13.8 Å². The molecular formula is C15H22O3. The second-order valence-corrected chi connectivity index (χ2v) is 5.71. The summed E-state index contributed by atoms with van der Waals surface area (Å²) in [7, 11) is 0. The molecule has 0 spiro atoms. The first-order valence-electron chi connectivity index (χ1n) is 6.33. The van der Waals surface area contributed by atoms with Crippen molar-refractivity contribution in [3.8, 4) is 0 Å². The van der Waals surface area contributed by atoms with Crippen molar-refractivity contribution in [1.82, 2.24) is 0 Å². The second kappa shape index (κ2) is 5.61. The molecule has 0 bridgehead atoms. The lowest BCUT2D eigenvalue weighted by atomic mass is 9.71. The summed E-state index contributed by atoms with van der Waals surface area (Å²) in [5.41, 5.74) is 1.91. The number of hydrogen-bond donors (Lipinski definition) is 1. The van der Waals surface area contributed by atoms with Crippen LogP contribution in [0.2, 0.25) is 0 Å². The monoisotopic (exact) mass is 250 g/mol. The zero-order valence-corrected chi connectivity index (χ0v) is 11.6. The molecule has 1 N–H and O–H groups in total. The van der Waals surface area contributed by atoms with Crippen molar-refractivity contribution >= 4 is 11.6 Å². The van der Waals surface area contributed by atoms with E-state index in [1.54, 1.807) is 6.08 Å². The summed E-state index contributed by atoms with van der Waals surface area (Å²) in [6.07, 6.45) is 4.42. The van der Waals surface area contributed by atoms with E-state index in [0.717, 1.165) is 24.0 Å². The first kappa shape index (κ1) is 14.8. The van der Waals surface area contributed by atoms with Crippen molar-refractivity contribution in [3.05, 3.63) is 23.3 Å². The highest BCUT2D eigenvalue weighted by Crippen LogP contribution is 2.40. The average Bonchev–Trinajstić information content (AvgIpc) is 2.23. The van der Waals surface area contributed by atoms with Crippen LogP contribution in [0.25, 0.3) is 0 Å². The molecule has 0 saturated heterocycles. The van der Waals surface area contributed by atoms with Crippen molar-refractivity contribution in [2.75, 3.05) is 0 Å². The molecule has 1 unspecified atom stereocenters. The molecule has 0 aromatic rings. The molecule has 0 aromatic carbocycles. The largest absolute Gasteiger partial charge is 0.389 e. The molecule has 0 amide bonds. The standard InChI is InChI=1S/C15H22O3/c1-10(16)9-12(17)5-6-13-11(2)14(18)7-8-15(13,3)4/h5-6,14,18H,7-9H2,1-4H3/b6-5+. The molecule has 0 radical (unpaired) electrons. The van der Waals surface area contributed by atoms with E-state index in [9.17, 15) is 14.7 Å². The number of hydrogen-bond acceptors (Lipinski definition) is 3. The zero-order chi connectivity index (χ0) is 13.9. The number of aliphatic hydroxyl groups is 1. The highest BCUT2D eigenvalue weighted by Gasteiger charge is 2.30. The Morgan fingerprint density at radius 2 is 2.06 bits per heavy atom. The van der Waals surface area contributed by atoms with Crippen LogP contribution < -0.4 is 0 Å². The number of aliphatic hydroxyl groups excluding tert-OH is 1. The van der Waals surface area contributed by atoms with Gasteiger partial charge in [-0.1, -0.05) is 19.9 Å². The molecule has 1 aliphatic rings. The van der Waals surface area contributed by atoms with Crippen molar-refractivity contribution in [2.24, 2.45) is 5.41 Å². The molecule has 18 heavy (non-hydrogen) atoms. The van der Waals surface area contributed by atoms with Crippen LogP contribution in [0, 0.1) is 5.41 Å². The maximum atomic E-state index is 11.5. The number of rotatable bonds is 4. The Labute approximate surface area is 109 Å². The van der Waals surface area contributed by atoms with Gasteiger partial charge in [-0.3, -0.25) is 9.59 Å². The fourth-order valence-electron chi connectivity index (χ4n) is 2.40. The number of carbonyl (C=O) groups excluding carboxylic acids is 2. The summed E-state index contributed by atoms with van der Waals surface area (Å²) < 4.78 is 0. The van der Waals surface area contributed by atoms with Crippen LogP contribution in [0.4, 0.5) is 0 Å². The van der Waals surface area contributed by atoms with Crippen LogP contribution >= 0.6 is 0 Å².